The Morgan fingerprint density at radius 1 is 1.25 bits per heavy atom. The molecule has 20 heavy (non-hydrogen) atoms. The maximum absolute atomic E-state index is 13.3. The Hall–Kier alpha value is -2.16. The molecule has 0 fully saturated rings. The fourth-order valence-electron chi connectivity index (χ4n) is 1.26. The molecular weight excluding hydrogens is 286 g/mol. The van der Waals surface area contributed by atoms with E-state index < -0.39 is 35.2 Å². The molecule has 0 aromatic heterocycles. The van der Waals surface area contributed by atoms with Crippen molar-refractivity contribution in [3.05, 3.63) is 35.6 Å². The highest BCUT2D eigenvalue weighted by atomic mass is 19.4. The summed E-state index contributed by atoms with van der Waals surface area (Å²) < 4.78 is 55.0. The number of benzene rings is 1. The second-order valence-corrected chi connectivity index (χ2v) is 3.63. The largest absolute Gasteiger partial charge is 0.465 e. The second kappa shape index (κ2) is 5.45. The first-order valence-corrected chi connectivity index (χ1v) is 5.08. The van der Waals surface area contributed by atoms with E-state index in [1.807, 2.05) is 0 Å². The molecule has 0 saturated heterocycles. The van der Waals surface area contributed by atoms with Crippen molar-refractivity contribution in [1.82, 2.24) is 5.32 Å². The predicted molar refractivity (Wildman–Crippen MR) is 56.9 cm³/mol. The van der Waals surface area contributed by atoms with Gasteiger partial charge in [-0.1, -0.05) is 12.1 Å². The van der Waals surface area contributed by atoms with Crippen LogP contribution in [0.1, 0.15) is 10.4 Å². The van der Waals surface area contributed by atoms with Gasteiger partial charge in [0.2, 0.25) is 0 Å². The molecule has 1 aromatic carbocycles. The molecule has 0 spiro atoms. The molecule has 0 unspecified atom stereocenters. The SMILES string of the molecule is COC(=O)[C@@](O)(NC(=O)c1ccccc1F)C(F)(F)F. The van der Waals surface area contributed by atoms with Crippen LogP contribution in [0.2, 0.25) is 0 Å². The monoisotopic (exact) mass is 295 g/mol. The molecule has 110 valence electrons. The normalized spacial score (nSPS) is 14.3. The summed E-state index contributed by atoms with van der Waals surface area (Å²) in [5, 5.41) is 10.3. The average Bonchev–Trinajstić information content (AvgIpc) is 2.36. The minimum Gasteiger partial charge on any atom is -0.465 e. The zero-order chi connectivity index (χ0) is 15.6. The van der Waals surface area contributed by atoms with Gasteiger partial charge in [-0.15, -0.1) is 0 Å². The molecule has 0 aliphatic carbocycles. The number of methoxy groups -OCH3 is 1. The van der Waals surface area contributed by atoms with Crippen LogP contribution in [0.15, 0.2) is 24.3 Å². The van der Waals surface area contributed by atoms with Crippen LogP contribution in [-0.4, -0.2) is 36.0 Å². The predicted octanol–water partition coefficient (Wildman–Crippen LogP) is 0.979. The van der Waals surface area contributed by atoms with Gasteiger partial charge in [0.25, 0.3) is 5.91 Å². The van der Waals surface area contributed by atoms with Crippen molar-refractivity contribution in [3.63, 3.8) is 0 Å². The molecule has 0 saturated carbocycles. The smallest absolute Gasteiger partial charge is 0.448 e. The Labute approximate surface area is 110 Å². The number of ether oxygens (including phenoxy) is 1. The highest BCUT2D eigenvalue weighted by Crippen LogP contribution is 2.29. The molecule has 0 bridgehead atoms. The third-order valence-corrected chi connectivity index (χ3v) is 2.30. The number of halogens is 4. The number of aliphatic hydroxyl groups is 1. The fourth-order valence-corrected chi connectivity index (χ4v) is 1.26. The standard InChI is InChI=1S/C11H9F4NO4/c1-20-9(18)10(19,11(13,14)15)16-8(17)6-4-2-3-5-7(6)12/h2-5,19H,1H3,(H,16,17)/t10-/m0/s1. The van der Waals surface area contributed by atoms with E-state index in [0.29, 0.717) is 7.11 Å². The summed E-state index contributed by atoms with van der Waals surface area (Å²) in [4.78, 5) is 22.6. The lowest BCUT2D eigenvalue weighted by Crippen LogP contribution is -2.64. The van der Waals surface area contributed by atoms with E-state index in [4.69, 9.17) is 0 Å². The summed E-state index contributed by atoms with van der Waals surface area (Å²) in [6.45, 7) is 0. The second-order valence-electron chi connectivity index (χ2n) is 3.63. The minimum atomic E-state index is -5.54. The molecule has 0 radical (unpaired) electrons. The van der Waals surface area contributed by atoms with Crippen molar-refractivity contribution in [1.29, 1.82) is 0 Å². The number of carbonyl (C=O) groups is 2. The van der Waals surface area contributed by atoms with Gasteiger partial charge in [-0.25, -0.2) is 9.18 Å². The lowest BCUT2D eigenvalue weighted by atomic mass is 10.1. The van der Waals surface area contributed by atoms with Crippen LogP contribution in [-0.2, 0) is 9.53 Å². The lowest BCUT2D eigenvalue weighted by Gasteiger charge is -2.28. The van der Waals surface area contributed by atoms with Crippen LogP contribution in [0, 0.1) is 5.82 Å². The molecule has 1 aromatic rings. The zero-order valence-electron chi connectivity index (χ0n) is 9.99. The fraction of sp³-hybridized carbons (Fsp3) is 0.273. The maximum Gasteiger partial charge on any atom is 0.448 e. The van der Waals surface area contributed by atoms with E-state index in [1.54, 1.807) is 0 Å². The summed E-state index contributed by atoms with van der Waals surface area (Å²) in [7, 11) is 0.592. The van der Waals surface area contributed by atoms with Crippen molar-refractivity contribution in [2.24, 2.45) is 0 Å². The van der Waals surface area contributed by atoms with Crippen molar-refractivity contribution < 1.29 is 37.0 Å². The van der Waals surface area contributed by atoms with Crippen LogP contribution in [0.25, 0.3) is 0 Å². The number of rotatable bonds is 3. The quantitative estimate of drug-likeness (QED) is 0.495. The van der Waals surface area contributed by atoms with Gasteiger partial charge in [0.1, 0.15) is 5.82 Å². The molecule has 2 N–H and O–H groups in total. The Bertz CT molecular complexity index is 531. The van der Waals surface area contributed by atoms with E-state index in [1.165, 1.54) is 12.1 Å². The average molecular weight is 295 g/mol. The summed E-state index contributed by atoms with van der Waals surface area (Å²) >= 11 is 0. The van der Waals surface area contributed by atoms with Gasteiger partial charge in [-0.2, -0.15) is 13.2 Å². The number of amides is 1. The molecule has 1 atom stereocenters. The van der Waals surface area contributed by atoms with Crippen LogP contribution >= 0.6 is 0 Å². The van der Waals surface area contributed by atoms with E-state index in [9.17, 15) is 32.3 Å². The first kappa shape index (κ1) is 15.9. The summed E-state index contributed by atoms with van der Waals surface area (Å²) in [6.07, 6.45) is -5.54. The van der Waals surface area contributed by atoms with Crippen LogP contribution in [0.5, 0.6) is 0 Å². The Balaban J connectivity index is 3.13. The van der Waals surface area contributed by atoms with Crippen LogP contribution < -0.4 is 5.32 Å². The molecule has 5 nitrogen and oxygen atoms in total. The summed E-state index contributed by atoms with van der Waals surface area (Å²) in [6, 6.07) is 4.13. The van der Waals surface area contributed by atoms with E-state index in [2.05, 4.69) is 4.74 Å². The van der Waals surface area contributed by atoms with Gasteiger partial charge in [0.15, 0.2) is 0 Å². The van der Waals surface area contributed by atoms with Gasteiger partial charge < -0.3 is 15.2 Å². The molecule has 1 rings (SSSR count). The number of alkyl halides is 3. The minimum absolute atomic E-state index is 0.592. The van der Waals surface area contributed by atoms with Crippen molar-refractivity contribution in [3.8, 4) is 0 Å². The van der Waals surface area contributed by atoms with E-state index in [-0.39, 0.29) is 0 Å². The topological polar surface area (TPSA) is 75.6 Å². The van der Waals surface area contributed by atoms with Crippen molar-refractivity contribution >= 4 is 11.9 Å². The third-order valence-electron chi connectivity index (χ3n) is 2.30. The van der Waals surface area contributed by atoms with Gasteiger partial charge in [0, 0.05) is 0 Å². The van der Waals surface area contributed by atoms with Crippen LogP contribution in [0.3, 0.4) is 0 Å². The van der Waals surface area contributed by atoms with Gasteiger partial charge in [0.05, 0.1) is 12.7 Å². The van der Waals surface area contributed by atoms with Crippen LogP contribution in [0.4, 0.5) is 17.6 Å². The van der Waals surface area contributed by atoms with Gasteiger partial charge in [-0.3, -0.25) is 4.79 Å². The summed E-state index contributed by atoms with van der Waals surface area (Å²) in [5.41, 5.74) is -5.03. The Morgan fingerprint density at radius 3 is 2.25 bits per heavy atom. The molecular formula is C11H9F4NO4. The first-order valence-electron chi connectivity index (χ1n) is 5.08. The van der Waals surface area contributed by atoms with Crippen molar-refractivity contribution in [2.75, 3.05) is 7.11 Å². The van der Waals surface area contributed by atoms with Crippen molar-refractivity contribution in [2.45, 2.75) is 11.9 Å². The van der Waals surface area contributed by atoms with E-state index >= 15 is 0 Å². The Kier molecular flexibility index (Phi) is 4.33. The number of carbonyl (C=O) groups excluding carboxylic acids is 2. The first-order chi connectivity index (χ1) is 9.13. The number of nitrogens with one attached hydrogen (secondary N) is 1. The van der Waals surface area contributed by atoms with Gasteiger partial charge in [-0.05, 0) is 12.1 Å². The number of esters is 1. The highest BCUT2D eigenvalue weighted by Gasteiger charge is 2.62. The van der Waals surface area contributed by atoms with E-state index in [0.717, 1.165) is 17.4 Å². The number of hydrogen-bond acceptors (Lipinski definition) is 4. The lowest BCUT2D eigenvalue weighted by molar-refractivity contribution is -0.268. The van der Waals surface area contributed by atoms with Gasteiger partial charge >= 0.3 is 17.9 Å². The molecule has 0 aliphatic rings. The number of hydrogen-bond donors (Lipinski definition) is 2. The molecule has 1 amide bonds. The molecule has 9 heteroatoms. The Morgan fingerprint density at radius 2 is 1.80 bits per heavy atom. The molecule has 0 heterocycles. The maximum atomic E-state index is 13.3. The zero-order valence-corrected chi connectivity index (χ0v) is 9.99. The summed E-state index contributed by atoms with van der Waals surface area (Å²) in [5.74, 6) is -4.87. The third kappa shape index (κ3) is 2.87. The molecule has 0 aliphatic heterocycles. The highest BCUT2D eigenvalue weighted by molar-refractivity contribution is 5.98.